The minimum atomic E-state index is -0.537. The molecule has 0 spiro atoms. The number of oxazole rings is 1. The molecule has 2 atom stereocenters. The zero-order valence-electron chi connectivity index (χ0n) is 14.3. The molecule has 4 nitrogen and oxygen atoms in total. The zero-order chi connectivity index (χ0) is 18.1. The Balaban J connectivity index is 1.65. The van der Waals surface area contributed by atoms with Crippen molar-refractivity contribution in [2.24, 2.45) is 5.92 Å². The van der Waals surface area contributed by atoms with Gasteiger partial charge < -0.3 is 4.42 Å². The molecule has 136 valence electrons. The minimum Gasteiger partial charge on any atom is -0.451 e. The van der Waals surface area contributed by atoms with Gasteiger partial charge in [-0.25, -0.2) is 9.37 Å². The smallest absolute Gasteiger partial charge is 0.181 e. The second-order valence-corrected chi connectivity index (χ2v) is 7.63. The van der Waals surface area contributed by atoms with E-state index in [1.54, 1.807) is 24.5 Å². The summed E-state index contributed by atoms with van der Waals surface area (Å²) in [6, 6.07) is 6.08. The summed E-state index contributed by atoms with van der Waals surface area (Å²) in [5.74, 6) is -0.119. The number of nitrogens with zero attached hydrogens (tertiary/aromatic N) is 2. The van der Waals surface area contributed by atoms with Gasteiger partial charge >= 0.3 is 0 Å². The van der Waals surface area contributed by atoms with E-state index < -0.39 is 6.04 Å². The Hall–Kier alpha value is -1.92. The zero-order valence-corrected chi connectivity index (χ0v) is 15.2. The quantitative estimate of drug-likeness (QED) is 0.808. The number of benzene rings is 1. The molecular weight excluding hydrogens is 351 g/mol. The van der Waals surface area contributed by atoms with E-state index in [9.17, 15) is 9.18 Å². The predicted octanol–water partition coefficient (Wildman–Crippen LogP) is 3.92. The number of thiol groups is 1. The fraction of sp³-hybridized carbons (Fsp3) is 0.400. The highest BCUT2D eigenvalue weighted by Gasteiger charge is 2.40. The van der Waals surface area contributed by atoms with Gasteiger partial charge in [-0.1, -0.05) is 18.2 Å². The topological polar surface area (TPSA) is 46.3 Å². The van der Waals surface area contributed by atoms with E-state index in [-0.39, 0.29) is 22.8 Å². The van der Waals surface area contributed by atoms with Crippen LogP contribution in [0.2, 0.25) is 0 Å². The van der Waals surface area contributed by atoms with Gasteiger partial charge in [-0.3, -0.25) is 9.69 Å². The fourth-order valence-electron chi connectivity index (χ4n) is 3.56. The van der Waals surface area contributed by atoms with Crippen molar-refractivity contribution in [2.75, 3.05) is 13.1 Å². The summed E-state index contributed by atoms with van der Waals surface area (Å²) in [5, 5.41) is 0.0975. The molecule has 1 aromatic heterocycles. The molecule has 0 bridgehead atoms. The van der Waals surface area contributed by atoms with Crippen molar-refractivity contribution in [3.05, 3.63) is 59.6 Å². The molecule has 4 rings (SSSR count). The number of Topliss-reactive ketones (excluding diaryl/α,β-unsaturated/α-hetero) is 1. The number of halogens is 1. The van der Waals surface area contributed by atoms with E-state index in [0.717, 1.165) is 30.5 Å². The summed E-state index contributed by atoms with van der Waals surface area (Å²) >= 11 is 4.68. The SMILES string of the molecule is O=C(C1CC1)C(c1ccccc1F)N1CCC(S)/C(=C\c2cocn2)C1. The lowest BCUT2D eigenvalue weighted by Crippen LogP contribution is -2.42. The molecule has 26 heavy (non-hydrogen) atoms. The second-order valence-electron chi connectivity index (χ2n) is 7.01. The standard InChI is InChI=1S/C20H21FN2O2S/c21-17-4-2-1-3-16(17)19(20(24)13-5-6-13)23-8-7-18(26)14(10-23)9-15-11-25-12-22-15/h1-4,9,11-13,18-19,26H,5-8,10H2/b14-9-. The van der Waals surface area contributed by atoms with Gasteiger partial charge in [0.15, 0.2) is 12.2 Å². The number of hydrogen-bond acceptors (Lipinski definition) is 5. The monoisotopic (exact) mass is 372 g/mol. The van der Waals surface area contributed by atoms with Gasteiger partial charge in [-0.2, -0.15) is 12.6 Å². The molecule has 0 radical (unpaired) electrons. The van der Waals surface area contributed by atoms with Gasteiger partial charge in [0.25, 0.3) is 0 Å². The first kappa shape index (κ1) is 17.5. The summed E-state index contributed by atoms with van der Waals surface area (Å²) in [4.78, 5) is 19.2. The summed E-state index contributed by atoms with van der Waals surface area (Å²) in [7, 11) is 0. The molecular formula is C20H21FN2O2S. The normalized spacial score (nSPS) is 23.9. The van der Waals surface area contributed by atoms with Crippen LogP contribution in [0.1, 0.15) is 36.6 Å². The predicted molar refractivity (Wildman–Crippen MR) is 100 cm³/mol. The van der Waals surface area contributed by atoms with Gasteiger partial charge in [0.1, 0.15) is 17.8 Å². The van der Waals surface area contributed by atoms with E-state index in [1.807, 2.05) is 6.08 Å². The van der Waals surface area contributed by atoms with Crippen molar-refractivity contribution in [3.63, 3.8) is 0 Å². The van der Waals surface area contributed by atoms with Crippen molar-refractivity contribution >= 4 is 24.5 Å². The van der Waals surface area contributed by atoms with Crippen LogP contribution >= 0.6 is 12.6 Å². The van der Waals surface area contributed by atoms with E-state index in [4.69, 9.17) is 4.42 Å². The summed E-state index contributed by atoms with van der Waals surface area (Å²) in [5.41, 5.74) is 2.28. The summed E-state index contributed by atoms with van der Waals surface area (Å²) in [6.45, 7) is 1.28. The Morgan fingerprint density at radius 1 is 1.35 bits per heavy atom. The molecule has 1 saturated carbocycles. The van der Waals surface area contributed by atoms with Gasteiger partial charge in [0, 0.05) is 29.8 Å². The molecule has 2 aliphatic rings. The van der Waals surface area contributed by atoms with Crippen LogP contribution in [0.5, 0.6) is 0 Å². The molecule has 0 N–H and O–H groups in total. The highest BCUT2D eigenvalue weighted by atomic mass is 32.1. The average Bonchev–Trinajstić information content (AvgIpc) is 3.37. The maximum absolute atomic E-state index is 14.5. The third kappa shape index (κ3) is 3.62. The molecule has 1 aliphatic carbocycles. The van der Waals surface area contributed by atoms with Crippen molar-refractivity contribution < 1.29 is 13.6 Å². The highest BCUT2D eigenvalue weighted by Crippen LogP contribution is 2.39. The molecule has 6 heteroatoms. The molecule has 1 aromatic carbocycles. The summed E-state index contributed by atoms with van der Waals surface area (Å²) < 4.78 is 19.5. The first-order valence-corrected chi connectivity index (χ1v) is 9.44. The molecule has 2 unspecified atom stereocenters. The van der Waals surface area contributed by atoms with E-state index in [2.05, 4.69) is 22.5 Å². The van der Waals surface area contributed by atoms with Gasteiger partial charge in [0.05, 0.1) is 6.04 Å². The van der Waals surface area contributed by atoms with Crippen molar-refractivity contribution in [2.45, 2.75) is 30.6 Å². The van der Waals surface area contributed by atoms with E-state index >= 15 is 0 Å². The van der Waals surface area contributed by atoms with Crippen LogP contribution in [0.25, 0.3) is 6.08 Å². The number of carbonyl (C=O) groups excluding carboxylic acids is 1. The number of aromatic nitrogens is 1. The third-order valence-corrected chi connectivity index (χ3v) is 5.69. The number of likely N-dealkylation sites (tertiary alicyclic amines) is 1. The van der Waals surface area contributed by atoms with E-state index in [1.165, 1.54) is 12.5 Å². The number of ketones is 1. The maximum Gasteiger partial charge on any atom is 0.181 e. The van der Waals surface area contributed by atoms with Crippen LogP contribution in [0, 0.1) is 11.7 Å². The second kappa shape index (κ2) is 7.37. The third-order valence-electron chi connectivity index (χ3n) is 5.10. The summed E-state index contributed by atoms with van der Waals surface area (Å²) in [6.07, 6.45) is 7.54. The number of piperidine rings is 1. The molecule has 2 aromatic rings. The van der Waals surface area contributed by atoms with Crippen LogP contribution in [0.15, 0.2) is 46.9 Å². The van der Waals surface area contributed by atoms with Crippen molar-refractivity contribution in [3.8, 4) is 0 Å². The molecule has 1 aliphatic heterocycles. The van der Waals surface area contributed by atoms with Gasteiger partial charge in [-0.15, -0.1) is 0 Å². The largest absolute Gasteiger partial charge is 0.451 e. The van der Waals surface area contributed by atoms with Crippen molar-refractivity contribution in [1.29, 1.82) is 0 Å². The maximum atomic E-state index is 14.5. The van der Waals surface area contributed by atoms with Crippen LogP contribution in [0.4, 0.5) is 4.39 Å². The van der Waals surface area contributed by atoms with Gasteiger partial charge in [0.2, 0.25) is 0 Å². The Morgan fingerprint density at radius 2 is 2.15 bits per heavy atom. The average molecular weight is 372 g/mol. The molecule has 2 fully saturated rings. The first-order valence-electron chi connectivity index (χ1n) is 8.92. The van der Waals surface area contributed by atoms with Crippen LogP contribution in [-0.4, -0.2) is 34.0 Å². The Kier molecular flexibility index (Phi) is 4.96. The fourth-order valence-corrected chi connectivity index (χ4v) is 3.83. The Labute approximate surface area is 157 Å². The molecule has 2 heterocycles. The van der Waals surface area contributed by atoms with Crippen LogP contribution in [0.3, 0.4) is 0 Å². The lowest BCUT2D eigenvalue weighted by atomic mass is 9.93. The molecule has 0 amide bonds. The number of carbonyl (C=O) groups is 1. The lowest BCUT2D eigenvalue weighted by Gasteiger charge is -2.37. The Bertz CT molecular complexity index is 817. The molecule has 1 saturated heterocycles. The van der Waals surface area contributed by atoms with Crippen molar-refractivity contribution in [1.82, 2.24) is 9.88 Å². The first-order chi connectivity index (χ1) is 12.6. The number of rotatable bonds is 5. The minimum absolute atomic E-state index is 0.0660. The lowest BCUT2D eigenvalue weighted by molar-refractivity contribution is -0.126. The van der Waals surface area contributed by atoms with Crippen LogP contribution in [-0.2, 0) is 4.79 Å². The highest BCUT2D eigenvalue weighted by molar-refractivity contribution is 7.81. The van der Waals surface area contributed by atoms with E-state index in [0.29, 0.717) is 18.7 Å². The number of hydrogen-bond donors (Lipinski definition) is 1. The van der Waals surface area contributed by atoms with Gasteiger partial charge in [-0.05, 0) is 37.0 Å². The Morgan fingerprint density at radius 3 is 2.85 bits per heavy atom. The van der Waals surface area contributed by atoms with Crippen LogP contribution < -0.4 is 0 Å².